The third-order valence-corrected chi connectivity index (χ3v) is 7.49. The Balaban J connectivity index is 1.58. The Morgan fingerprint density at radius 2 is 1.83 bits per heavy atom. The number of nitrogens with zero attached hydrogens (tertiary/aromatic N) is 2. The van der Waals surface area contributed by atoms with E-state index < -0.39 is 15.9 Å². The Labute approximate surface area is 207 Å². The number of sulfonamides is 1. The van der Waals surface area contributed by atoms with E-state index in [1.807, 2.05) is 30.3 Å². The van der Waals surface area contributed by atoms with E-state index in [0.717, 1.165) is 17.7 Å². The van der Waals surface area contributed by atoms with Gasteiger partial charge in [-0.25, -0.2) is 13.1 Å². The number of amides is 2. The second-order valence-electron chi connectivity index (χ2n) is 8.78. The van der Waals surface area contributed by atoms with Crippen LogP contribution in [0.4, 0.5) is 5.69 Å². The quantitative estimate of drug-likeness (QED) is 0.403. The molecule has 190 valence electrons. The fourth-order valence-electron chi connectivity index (χ4n) is 3.99. The van der Waals surface area contributed by atoms with Gasteiger partial charge in [-0.2, -0.15) is 0 Å². The second-order valence-corrected chi connectivity index (χ2v) is 10.9. The van der Waals surface area contributed by atoms with Crippen LogP contribution in [-0.2, 0) is 26.2 Å². The number of nitrogens with one attached hydrogen (secondary N) is 2. The summed E-state index contributed by atoms with van der Waals surface area (Å²) in [6.45, 7) is 3.65. The summed E-state index contributed by atoms with van der Waals surface area (Å²) in [5.74, 6) is -0.722. The molecular formula is C25H34N4O5S. The molecule has 0 radical (unpaired) electrons. The van der Waals surface area contributed by atoms with Gasteiger partial charge in [0, 0.05) is 38.9 Å². The van der Waals surface area contributed by atoms with Gasteiger partial charge in [0.1, 0.15) is 6.42 Å². The van der Waals surface area contributed by atoms with Crippen LogP contribution in [0.25, 0.3) is 0 Å². The molecule has 1 fully saturated rings. The molecule has 2 aromatic rings. The number of carbonyl (C=O) groups is 2. The second kappa shape index (κ2) is 12.3. The lowest BCUT2D eigenvalue weighted by atomic mass is 10.0. The Bertz CT molecular complexity index is 1090. The normalized spacial score (nSPS) is 17.2. The van der Waals surface area contributed by atoms with Crippen LogP contribution in [0.2, 0.25) is 0 Å². The molecule has 2 aromatic carbocycles. The molecule has 1 aliphatic heterocycles. The molecule has 0 spiro atoms. The monoisotopic (exact) mass is 502 g/mol. The molecule has 9 nitrogen and oxygen atoms in total. The smallest absolute Gasteiger partial charge is 0.233 e. The zero-order chi connectivity index (χ0) is 25.4. The lowest BCUT2D eigenvalue weighted by Crippen LogP contribution is -2.40. The molecule has 1 saturated heterocycles. The summed E-state index contributed by atoms with van der Waals surface area (Å²) >= 11 is 0. The van der Waals surface area contributed by atoms with Crippen LogP contribution >= 0.6 is 0 Å². The minimum Gasteiger partial charge on any atom is -0.392 e. The van der Waals surface area contributed by atoms with Crippen molar-refractivity contribution in [3.63, 3.8) is 0 Å². The van der Waals surface area contributed by atoms with Crippen LogP contribution in [-0.4, -0.2) is 73.7 Å². The van der Waals surface area contributed by atoms with Gasteiger partial charge in [0.25, 0.3) is 0 Å². The summed E-state index contributed by atoms with van der Waals surface area (Å²) < 4.78 is 25.6. The Kier molecular flexibility index (Phi) is 9.39. The van der Waals surface area contributed by atoms with Crippen molar-refractivity contribution < 1.29 is 23.1 Å². The van der Waals surface area contributed by atoms with E-state index >= 15 is 0 Å². The van der Waals surface area contributed by atoms with Gasteiger partial charge in [0.05, 0.1) is 17.9 Å². The maximum atomic E-state index is 13.0. The molecule has 2 atom stereocenters. The van der Waals surface area contributed by atoms with E-state index in [4.69, 9.17) is 0 Å². The van der Waals surface area contributed by atoms with Crippen LogP contribution in [0.3, 0.4) is 0 Å². The SMILES string of the molecule is CCS(=O)(=O)NCc1ccc(NC(=O)CC(=O)N(C)C(CN2CCC(O)C2)c2ccccc2)cc1. The van der Waals surface area contributed by atoms with Crippen molar-refractivity contribution >= 4 is 27.5 Å². The van der Waals surface area contributed by atoms with Crippen molar-refractivity contribution in [2.45, 2.75) is 38.5 Å². The number of aliphatic hydroxyl groups is 1. The van der Waals surface area contributed by atoms with E-state index in [1.165, 1.54) is 0 Å². The first kappa shape index (κ1) is 26.8. The van der Waals surface area contributed by atoms with Crippen LogP contribution in [0.15, 0.2) is 54.6 Å². The average molecular weight is 503 g/mol. The molecule has 2 amide bonds. The number of β-amino-alcohol motifs (C(OH)–C–C–N with tert-alkyl or cyclic N) is 1. The predicted molar refractivity (Wildman–Crippen MR) is 135 cm³/mol. The largest absolute Gasteiger partial charge is 0.392 e. The number of anilines is 1. The molecule has 3 rings (SSSR count). The van der Waals surface area contributed by atoms with Crippen LogP contribution < -0.4 is 10.0 Å². The number of likely N-dealkylation sites (N-methyl/N-ethyl adjacent to an activating group) is 1. The highest BCUT2D eigenvalue weighted by Crippen LogP contribution is 2.24. The Morgan fingerprint density at radius 1 is 1.14 bits per heavy atom. The number of rotatable bonds is 11. The van der Waals surface area contributed by atoms with Crippen molar-refractivity contribution in [2.24, 2.45) is 0 Å². The third kappa shape index (κ3) is 8.14. The first-order valence-corrected chi connectivity index (χ1v) is 13.4. The van der Waals surface area contributed by atoms with Gasteiger partial charge >= 0.3 is 0 Å². The van der Waals surface area contributed by atoms with E-state index in [2.05, 4.69) is 14.9 Å². The van der Waals surface area contributed by atoms with Crippen LogP contribution in [0.1, 0.15) is 36.9 Å². The fraction of sp³-hybridized carbons (Fsp3) is 0.440. The molecule has 3 N–H and O–H groups in total. The van der Waals surface area contributed by atoms with Crippen LogP contribution in [0.5, 0.6) is 0 Å². The topological polar surface area (TPSA) is 119 Å². The van der Waals surface area contributed by atoms with Gasteiger partial charge in [-0.3, -0.25) is 14.5 Å². The number of hydrogen-bond acceptors (Lipinski definition) is 6. The minimum atomic E-state index is -3.28. The van der Waals surface area contributed by atoms with Gasteiger partial charge in [-0.1, -0.05) is 42.5 Å². The van der Waals surface area contributed by atoms with Crippen molar-refractivity contribution in [2.75, 3.05) is 37.8 Å². The number of hydrogen-bond donors (Lipinski definition) is 3. The molecule has 35 heavy (non-hydrogen) atoms. The van der Waals surface area contributed by atoms with Gasteiger partial charge in [-0.05, 0) is 36.6 Å². The first-order valence-electron chi connectivity index (χ1n) is 11.7. The Morgan fingerprint density at radius 3 is 2.43 bits per heavy atom. The van der Waals surface area contributed by atoms with Crippen molar-refractivity contribution in [3.05, 3.63) is 65.7 Å². The first-order chi connectivity index (χ1) is 16.7. The van der Waals surface area contributed by atoms with E-state index in [1.54, 1.807) is 43.1 Å². The van der Waals surface area contributed by atoms with E-state index in [9.17, 15) is 23.1 Å². The summed E-state index contributed by atoms with van der Waals surface area (Å²) in [6.07, 6.45) is 0.0576. The molecule has 10 heteroatoms. The summed E-state index contributed by atoms with van der Waals surface area (Å²) in [4.78, 5) is 29.3. The molecule has 1 heterocycles. The number of likely N-dealkylation sites (tertiary alicyclic amines) is 1. The highest BCUT2D eigenvalue weighted by Gasteiger charge is 2.28. The molecule has 1 aliphatic rings. The van der Waals surface area contributed by atoms with Gasteiger partial charge in [0.15, 0.2) is 0 Å². The zero-order valence-electron chi connectivity index (χ0n) is 20.2. The van der Waals surface area contributed by atoms with Gasteiger partial charge in [-0.15, -0.1) is 0 Å². The maximum absolute atomic E-state index is 13.0. The third-order valence-electron chi connectivity index (χ3n) is 6.15. The van der Waals surface area contributed by atoms with Crippen LogP contribution in [0, 0.1) is 0 Å². The van der Waals surface area contributed by atoms with Crippen molar-refractivity contribution in [3.8, 4) is 0 Å². The number of benzene rings is 2. The fourth-order valence-corrected chi connectivity index (χ4v) is 4.58. The highest BCUT2D eigenvalue weighted by atomic mass is 32.2. The summed E-state index contributed by atoms with van der Waals surface area (Å²) in [7, 11) is -1.58. The van der Waals surface area contributed by atoms with E-state index in [-0.39, 0.29) is 36.8 Å². The standard InChI is InChI=1S/C25H34N4O5S/c1-3-35(33,34)26-16-19-9-11-21(12-10-19)27-24(31)15-25(32)28(2)23(20-7-5-4-6-8-20)18-29-14-13-22(30)17-29/h4-12,22-23,26,30H,3,13-18H2,1-2H3,(H,27,31). The lowest BCUT2D eigenvalue weighted by molar-refractivity contribution is -0.135. The van der Waals surface area contributed by atoms with Gasteiger partial charge in [0.2, 0.25) is 21.8 Å². The van der Waals surface area contributed by atoms with Crippen molar-refractivity contribution in [1.82, 2.24) is 14.5 Å². The van der Waals surface area contributed by atoms with Gasteiger partial charge < -0.3 is 15.3 Å². The number of carbonyl (C=O) groups excluding carboxylic acids is 2. The zero-order valence-corrected chi connectivity index (χ0v) is 21.0. The molecule has 0 aliphatic carbocycles. The summed E-state index contributed by atoms with van der Waals surface area (Å²) in [6, 6.07) is 16.2. The van der Waals surface area contributed by atoms with E-state index in [0.29, 0.717) is 25.2 Å². The molecule has 0 saturated carbocycles. The average Bonchev–Trinajstić information content (AvgIpc) is 3.26. The molecular weight excluding hydrogens is 468 g/mol. The highest BCUT2D eigenvalue weighted by molar-refractivity contribution is 7.89. The lowest BCUT2D eigenvalue weighted by Gasteiger charge is -2.32. The predicted octanol–water partition coefficient (Wildman–Crippen LogP) is 1.72. The minimum absolute atomic E-state index is 0.00866. The molecule has 2 unspecified atom stereocenters. The maximum Gasteiger partial charge on any atom is 0.233 e. The van der Waals surface area contributed by atoms with Crippen molar-refractivity contribution in [1.29, 1.82) is 0 Å². The summed E-state index contributed by atoms with van der Waals surface area (Å²) in [5.41, 5.74) is 2.26. The molecule has 0 bridgehead atoms. The summed E-state index contributed by atoms with van der Waals surface area (Å²) in [5, 5.41) is 12.6. The number of aliphatic hydroxyl groups excluding tert-OH is 1. The Hall–Kier alpha value is -2.79. The molecule has 0 aromatic heterocycles.